The molecule has 0 unspecified atom stereocenters. The minimum Gasteiger partial charge on any atom is -0.545 e. The average molecular weight is 403 g/mol. The number of carboxylic acid groups (broad SMARTS) is 2. The number of fused-ring (bicyclic) bond motifs is 2. The second-order valence-corrected chi connectivity index (χ2v) is 6.04. The summed E-state index contributed by atoms with van der Waals surface area (Å²) < 4.78 is 0. The first-order chi connectivity index (χ1) is 13.0. The van der Waals surface area contributed by atoms with E-state index in [1.54, 1.807) is 36.4 Å². The number of carboxylic acids is 2. The van der Waals surface area contributed by atoms with Crippen LogP contribution in [-0.2, 0) is 0 Å². The van der Waals surface area contributed by atoms with Gasteiger partial charge in [-0.15, -0.1) is 0 Å². The zero-order valence-corrected chi connectivity index (χ0v) is 19.8. The van der Waals surface area contributed by atoms with E-state index in [1.807, 2.05) is 0 Å². The molecule has 1 heterocycles. The van der Waals surface area contributed by atoms with E-state index >= 15 is 0 Å². The normalized spacial score (nSPS) is 10.2. The van der Waals surface area contributed by atoms with Gasteiger partial charge in [-0.05, 0) is 5.39 Å². The molecule has 0 saturated heterocycles. The minimum atomic E-state index is -1.38. The van der Waals surface area contributed by atoms with Crippen molar-refractivity contribution >= 4 is 39.4 Å². The molecule has 0 radical (unpaired) electrons. The van der Waals surface area contributed by atoms with Crippen molar-refractivity contribution in [3.05, 3.63) is 83.0 Å². The monoisotopic (exact) mass is 403 g/mol. The zero-order valence-electron chi connectivity index (χ0n) is 15.8. The van der Waals surface area contributed by atoms with Gasteiger partial charge in [-0.25, -0.2) is 0 Å². The number of aromatic nitrogens is 1. The standard InChI is InChI=1S/C21H13NO5.2Na/c23-19(16-10-22-18-12(16)6-3-9-15(18)21(26)27)13-7-1-4-11-5-2-8-14(17(11)13)20(24)25;;/h1-10,22H,(H,24,25)(H,26,27);;/q;2*+1/p-2. The first-order valence-corrected chi connectivity index (χ1v) is 8.08. The summed E-state index contributed by atoms with van der Waals surface area (Å²) in [6, 6.07) is 14.1. The third-order valence-electron chi connectivity index (χ3n) is 4.55. The van der Waals surface area contributed by atoms with Gasteiger partial charge in [0.25, 0.3) is 0 Å². The van der Waals surface area contributed by atoms with Crippen molar-refractivity contribution in [2.24, 2.45) is 0 Å². The quantitative estimate of drug-likeness (QED) is 0.272. The Morgan fingerprint density at radius 3 is 1.86 bits per heavy atom. The van der Waals surface area contributed by atoms with E-state index in [1.165, 1.54) is 24.4 Å². The number of carbonyl (C=O) groups is 3. The number of para-hydroxylation sites is 1. The topological polar surface area (TPSA) is 113 Å². The minimum absolute atomic E-state index is 0. The predicted molar refractivity (Wildman–Crippen MR) is 94.3 cm³/mol. The van der Waals surface area contributed by atoms with E-state index in [2.05, 4.69) is 4.98 Å². The van der Waals surface area contributed by atoms with Crippen LogP contribution in [-0.4, -0.2) is 22.7 Å². The first-order valence-electron chi connectivity index (χ1n) is 8.08. The molecular formula is C21H11NNa2O5. The third kappa shape index (κ3) is 4.05. The van der Waals surface area contributed by atoms with Gasteiger partial charge in [0, 0.05) is 39.2 Å². The largest absolute Gasteiger partial charge is 1.00 e. The molecule has 0 fully saturated rings. The number of hydrogen-bond acceptors (Lipinski definition) is 5. The Hall–Kier alpha value is -1.93. The van der Waals surface area contributed by atoms with Gasteiger partial charge >= 0.3 is 59.1 Å². The van der Waals surface area contributed by atoms with Crippen LogP contribution in [0.5, 0.6) is 0 Å². The van der Waals surface area contributed by atoms with Crippen molar-refractivity contribution in [3.8, 4) is 0 Å². The number of ketones is 1. The van der Waals surface area contributed by atoms with Crippen molar-refractivity contribution < 1.29 is 83.7 Å². The molecule has 0 atom stereocenters. The van der Waals surface area contributed by atoms with Gasteiger partial charge in [-0.3, -0.25) is 4.79 Å². The fourth-order valence-electron chi connectivity index (χ4n) is 3.36. The molecule has 4 aromatic rings. The van der Waals surface area contributed by atoms with Crippen LogP contribution in [0.3, 0.4) is 0 Å². The molecule has 132 valence electrons. The third-order valence-corrected chi connectivity index (χ3v) is 4.55. The molecule has 4 rings (SSSR count). The summed E-state index contributed by atoms with van der Waals surface area (Å²) in [6.07, 6.45) is 1.42. The maximum atomic E-state index is 13.2. The molecule has 6 nitrogen and oxygen atoms in total. The number of benzene rings is 3. The van der Waals surface area contributed by atoms with Crippen LogP contribution in [0, 0.1) is 0 Å². The van der Waals surface area contributed by atoms with Gasteiger partial charge in [0.2, 0.25) is 0 Å². The molecule has 29 heavy (non-hydrogen) atoms. The summed E-state index contributed by atoms with van der Waals surface area (Å²) in [5, 5.41) is 24.1. The summed E-state index contributed by atoms with van der Waals surface area (Å²) in [5.41, 5.74) is 0.591. The van der Waals surface area contributed by atoms with Gasteiger partial charge in [0.1, 0.15) is 0 Å². The Bertz CT molecular complexity index is 1260. The van der Waals surface area contributed by atoms with Gasteiger partial charge in [0.05, 0.1) is 17.5 Å². The van der Waals surface area contributed by atoms with Gasteiger partial charge < -0.3 is 24.8 Å². The number of aromatic carboxylic acids is 2. The van der Waals surface area contributed by atoms with Crippen LogP contribution < -0.4 is 69.3 Å². The van der Waals surface area contributed by atoms with Crippen LogP contribution in [0.15, 0.2) is 60.8 Å². The molecular weight excluding hydrogens is 392 g/mol. The molecule has 0 spiro atoms. The Morgan fingerprint density at radius 2 is 1.24 bits per heavy atom. The Balaban J connectivity index is 0.00000150. The van der Waals surface area contributed by atoms with E-state index in [0.29, 0.717) is 10.8 Å². The second-order valence-electron chi connectivity index (χ2n) is 6.04. The number of H-pyrrole nitrogens is 1. The van der Waals surface area contributed by atoms with Crippen LogP contribution in [0.4, 0.5) is 0 Å². The average Bonchev–Trinajstić information content (AvgIpc) is 3.10. The molecule has 0 aliphatic carbocycles. The van der Waals surface area contributed by atoms with Gasteiger partial charge in [-0.1, -0.05) is 54.6 Å². The molecule has 0 aliphatic heterocycles. The maximum absolute atomic E-state index is 13.2. The Morgan fingerprint density at radius 1 is 0.690 bits per heavy atom. The molecule has 0 amide bonds. The van der Waals surface area contributed by atoms with Crippen LogP contribution in [0.1, 0.15) is 36.6 Å². The summed E-state index contributed by atoms with van der Waals surface area (Å²) in [7, 11) is 0. The first kappa shape index (κ1) is 23.3. The van der Waals surface area contributed by atoms with Crippen molar-refractivity contribution in [1.82, 2.24) is 4.98 Å². The van der Waals surface area contributed by atoms with E-state index in [-0.39, 0.29) is 92.3 Å². The number of carbonyl (C=O) groups excluding carboxylic acids is 3. The summed E-state index contributed by atoms with van der Waals surface area (Å²) in [6.45, 7) is 0. The van der Waals surface area contributed by atoms with Gasteiger partial charge in [0.15, 0.2) is 5.78 Å². The second kappa shape index (κ2) is 9.26. The number of hydrogen-bond donors (Lipinski definition) is 1. The van der Waals surface area contributed by atoms with Crippen molar-refractivity contribution in [2.75, 3.05) is 0 Å². The van der Waals surface area contributed by atoms with E-state index in [0.717, 1.165) is 0 Å². The van der Waals surface area contributed by atoms with Crippen molar-refractivity contribution in [3.63, 3.8) is 0 Å². The van der Waals surface area contributed by atoms with Gasteiger partial charge in [-0.2, -0.15) is 0 Å². The molecule has 0 aliphatic rings. The SMILES string of the molecule is O=C([O-])c1cccc2c(C(=O)c3cccc4cccc(C(=O)[O-])c34)c[nH]c12.[Na+].[Na+]. The zero-order chi connectivity index (χ0) is 19.1. The summed E-state index contributed by atoms with van der Waals surface area (Å²) in [4.78, 5) is 38.8. The number of rotatable bonds is 4. The van der Waals surface area contributed by atoms with E-state index < -0.39 is 17.7 Å². The van der Waals surface area contributed by atoms with Crippen LogP contribution in [0.2, 0.25) is 0 Å². The van der Waals surface area contributed by atoms with Crippen molar-refractivity contribution in [2.45, 2.75) is 0 Å². The molecule has 1 N–H and O–H groups in total. The number of aromatic amines is 1. The molecule has 3 aromatic carbocycles. The summed E-state index contributed by atoms with van der Waals surface area (Å²) >= 11 is 0. The fraction of sp³-hybridized carbons (Fsp3) is 0. The Kier molecular flexibility index (Phi) is 7.45. The smallest absolute Gasteiger partial charge is 0.545 e. The Labute approximate surface area is 209 Å². The van der Waals surface area contributed by atoms with Crippen molar-refractivity contribution in [1.29, 1.82) is 0 Å². The molecule has 0 bridgehead atoms. The summed E-state index contributed by atoms with van der Waals surface area (Å²) in [5.74, 6) is -3.15. The molecule has 8 heteroatoms. The fourth-order valence-corrected chi connectivity index (χ4v) is 3.36. The number of nitrogens with one attached hydrogen (secondary N) is 1. The van der Waals surface area contributed by atoms with E-state index in [4.69, 9.17) is 0 Å². The van der Waals surface area contributed by atoms with E-state index in [9.17, 15) is 24.6 Å². The predicted octanol–water partition coefficient (Wildman–Crippen LogP) is -4.71. The maximum Gasteiger partial charge on any atom is 1.00 e. The molecule has 1 aromatic heterocycles. The molecule has 0 saturated carbocycles. The van der Waals surface area contributed by atoms with Crippen LogP contribution in [0.25, 0.3) is 21.7 Å². The van der Waals surface area contributed by atoms with Crippen LogP contribution >= 0.6 is 0 Å².